The molecule has 9 atom stereocenters. The number of methoxy groups -OCH3 is 1. The van der Waals surface area contributed by atoms with Crippen molar-refractivity contribution in [3.05, 3.63) is 72.0 Å². The lowest BCUT2D eigenvalue weighted by Crippen LogP contribution is -2.60. The number of fused-ring (bicyclic) bond motifs is 5. The molecule has 1 saturated heterocycles. The minimum Gasteiger partial charge on any atom is -0.497 e. The molecule has 250 valence electrons. The lowest BCUT2D eigenvalue weighted by Gasteiger charge is -2.36. The predicted molar refractivity (Wildman–Crippen MR) is 175 cm³/mol. The molecule has 5 rings (SSSR count). The fourth-order valence-corrected chi connectivity index (χ4v) is 7.66. The number of carbonyl (C=O) groups is 3. The van der Waals surface area contributed by atoms with Crippen LogP contribution < -0.4 is 16.0 Å². The second-order valence-corrected chi connectivity index (χ2v) is 13.2. The molecule has 1 aromatic carbocycles. The van der Waals surface area contributed by atoms with Crippen LogP contribution in [0.3, 0.4) is 0 Å². The average molecular weight is 635 g/mol. The van der Waals surface area contributed by atoms with Crippen LogP contribution in [0, 0.1) is 17.8 Å². The number of rotatable bonds is 7. The fraction of sp³-hybridized carbons (Fsp3) is 0.583. The second-order valence-electron chi connectivity index (χ2n) is 13.2. The summed E-state index contributed by atoms with van der Waals surface area (Å²) in [5.41, 5.74) is -0.0720. The summed E-state index contributed by atoms with van der Waals surface area (Å²) < 4.78 is 11.9. The molecule has 0 aromatic heterocycles. The van der Waals surface area contributed by atoms with Gasteiger partial charge in [-0.1, -0.05) is 68.8 Å². The molecular formula is C36H50N4O6. The highest BCUT2D eigenvalue weighted by Crippen LogP contribution is 2.40. The summed E-state index contributed by atoms with van der Waals surface area (Å²) in [6.07, 6.45) is 11.8. The average Bonchev–Trinajstić information content (AvgIpc) is 3.56. The first-order chi connectivity index (χ1) is 22.2. The van der Waals surface area contributed by atoms with E-state index in [-0.39, 0.29) is 60.6 Å². The van der Waals surface area contributed by atoms with Crippen LogP contribution in [-0.2, 0) is 30.3 Å². The van der Waals surface area contributed by atoms with Gasteiger partial charge in [-0.25, -0.2) is 0 Å². The van der Waals surface area contributed by atoms with Crippen LogP contribution in [0.2, 0.25) is 0 Å². The van der Waals surface area contributed by atoms with E-state index in [0.29, 0.717) is 32.4 Å². The van der Waals surface area contributed by atoms with Crippen molar-refractivity contribution in [1.82, 2.24) is 20.9 Å². The van der Waals surface area contributed by atoms with Crippen molar-refractivity contribution >= 4 is 17.7 Å². The molecule has 2 unspecified atom stereocenters. The van der Waals surface area contributed by atoms with Crippen LogP contribution in [0.4, 0.5) is 0 Å². The number of ether oxygens (including phenoxy) is 2. The third-order valence-electron chi connectivity index (χ3n) is 10.4. The van der Waals surface area contributed by atoms with Gasteiger partial charge in [0.1, 0.15) is 17.3 Å². The van der Waals surface area contributed by atoms with Gasteiger partial charge in [-0.2, -0.15) is 0 Å². The first-order valence-electron chi connectivity index (χ1n) is 16.7. The lowest BCUT2D eigenvalue weighted by atomic mass is 9.81. The smallest absolute Gasteiger partial charge is 0.249 e. The molecule has 1 aromatic rings. The van der Waals surface area contributed by atoms with E-state index in [2.05, 4.69) is 28.1 Å². The van der Waals surface area contributed by atoms with Crippen molar-refractivity contribution in [2.24, 2.45) is 17.8 Å². The van der Waals surface area contributed by atoms with Crippen LogP contribution in [0.1, 0.15) is 52.0 Å². The van der Waals surface area contributed by atoms with Crippen molar-refractivity contribution in [1.29, 1.82) is 0 Å². The number of benzene rings is 1. The Kier molecular flexibility index (Phi) is 11.0. The number of allylic oxidation sites excluding steroid dienone is 1. The summed E-state index contributed by atoms with van der Waals surface area (Å²) in [7, 11) is 1.67. The van der Waals surface area contributed by atoms with E-state index in [1.165, 1.54) is 6.92 Å². The Morgan fingerprint density at radius 3 is 2.72 bits per heavy atom. The van der Waals surface area contributed by atoms with Gasteiger partial charge in [-0.05, 0) is 49.3 Å². The Bertz CT molecular complexity index is 1330. The molecule has 0 radical (unpaired) electrons. The summed E-state index contributed by atoms with van der Waals surface area (Å²) in [6.45, 7) is 6.38. The van der Waals surface area contributed by atoms with E-state index in [1.807, 2.05) is 62.4 Å². The van der Waals surface area contributed by atoms with Gasteiger partial charge in [0, 0.05) is 37.9 Å². The van der Waals surface area contributed by atoms with E-state index >= 15 is 0 Å². The molecule has 2 aliphatic carbocycles. The van der Waals surface area contributed by atoms with Crippen LogP contribution in [0.5, 0.6) is 0 Å². The SMILES string of the molecule is CC[C@H](C)[C@@]1(NC(C)=O)CCN([C@H]2CC=CCO[C@@H]3C[C@H](NC[C@@H](O)[C@H](Cc4ccccc4)NC2=O)C2C=C(OC)C=CC23)C1=O. The number of nitrogens with zero attached hydrogens (tertiary/aromatic N) is 1. The molecule has 3 amide bonds. The fourth-order valence-electron chi connectivity index (χ4n) is 7.66. The van der Waals surface area contributed by atoms with Crippen molar-refractivity contribution in [2.75, 3.05) is 26.8 Å². The first kappa shape index (κ1) is 33.9. The molecule has 2 bridgehead atoms. The van der Waals surface area contributed by atoms with Gasteiger partial charge in [0.25, 0.3) is 0 Å². The van der Waals surface area contributed by atoms with Crippen LogP contribution >= 0.6 is 0 Å². The van der Waals surface area contributed by atoms with Gasteiger partial charge in [0.2, 0.25) is 17.7 Å². The standard InChI is InChI=1S/C36H50N4O6/c1-5-23(2)36(39-24(3)41)16-17-40(35(36)44)31-13-9-10-18-46-33-21-29(28-20-26(45-4)14-15-27(28)33)37-22-32(42)30(38-34(31)43)19-25-11-7-6-8-12-25/h6-12,14-15,20,23,27-33,37,42H,5,13,16-19,21-22H2,1-4H3,(H,38,43)(H,39,41)/t23-,27?,28?,29-,30-,31-,32+,33+,36-/m0/s1. The quantitative estimate of drug-likeness (QED) is 0.340. The van der Waals surface area contributed by atoms with Gasteiger partial charge >= 0.3 is 0 Å². The minimum absolute atomic E-state index is 0.0232. The maximum atomic E-state index is 14.2. The zero-order valence-corrected chi connectivity index (χ0v) is 27.5. The van der Waals surface area contributed by atoms with Crippen molar-refractivity contribution in [3.8, 4) is 0 Å². The third-order valence-corrected chi connectivity index (χ3v) is 10.4. The third kappa shape index (κ3) is 7.24. The number of aliphatic hydroxyl groups is 1. The molecule has 2 aliphatic heterocycles. The highest BCUT2D eigenvalue weighted by molar-refractivity contribution is 5.96. The van der Waals surface area contributed by atoms with Crippen molar-refractivity contribution < 1.29 is 29.0 Å². The number of hydrogen-bond acceptors (Lipinski definition) is 7. The number of aliphatic hydroxyl groups excluding tert-OH is 1. The molecule has 10 nitrogen and oxygen atoms in total. The molecule has 0 spiro atoms. The van der Waals surface area contributed by atoms with E-state index in [0.717, 1.165) is 17.7 Å². The van der Waals surface area contributed by atoms with Gasteiger partial charge in [-0.3, -0.25) is 14.4 Å². The Balaban J connectivity index is 1.44. The molecule has 4 aliphatic rings. The van der Waals surface area contributed by atoms with Crippen molar-refractivity contribution in [2.45, 2.75) is 88.7 Å². The maximum absolute atomic E-state index is 14.2. The maximum Gasteiger partial charge on any atom is 0.249 e. The van der Waals surface area contributed by atoms with Gasteiger partial charge in [-0.15, -0.1) is 0 Å². The Labute approximate surface area is 272 Å². The predicted octanol–water partition coefficient (Wildman–Crippen LogP) is 2.64. The second kappa shape index (κ2) is 15.0. The number of likely N-dealkylation sites (tertiary alicyclic amines) is 1. The highest BCUT2D eigenvalue weighted by Gasteiger charge is 2.53. The first-order valence-corrected chi connectivity index (χ1v) is 16.7. The lowest BCUT2D eigenvalue weighted by molar-refractivity contribution is -0.144. The Morgan fingerprint density at radius 1 is 1.22 bits per heavy atom. The summed E-state index contributed by atoms with van der Waals surface area (Å²) in [5.74, 6) is 0.195. The molecule has 46 heavy (non-hydrogen) atoms. The van der Waals surface area contributed by atoms with Gasteiger partial charge in [0.05, 0.1) is 32.0 Å². The number of carbonyl (C=O) groups excluding carboxylic acids is 3. The zero-order chi connectivity index (χ0) is 32.8. The van der Waals surface area contributed by atoms with E-state index in [1.54, 1.807) is 12.0 Å². The monoisotopic (exact) mass is 634 g/mol. The minimum atomic E-state index is -1.06. The summed E-state index contributed by atoms with van der Waals surface area (Å²) >= 11 is 0. The Morgan fingerprint density at radius 2 is 2.00 bits per heavy atom. The summed E-state index contributed by atoms with van der Waals surface area (Å²) in [4.78, 5) is 42.2. The molecule has 2 heterocycles. The molecule has 2 fully saturated rings. The molecule has 1 saturated carbocycles. The van der Waals surface area contributed by atoms with Gasteiger partial charge < -0.3 is 35.4 Å². The zero-order valence-electron chi connectivity index (χ0n) is 27.5. The molecule has 4 N–H and O–H groups in total. The summed E-state index contributed by atoms with van der Waals surface area (Å²) in [6, 6.07) is 8.42. The van der Waals surface area contributed by atoms with E-state index < -0.39 is 23.7 Å². The van der Waals surface area contributed by atoms with Crippen LogP contribution in [0.25, 0.3) is 0 Å². The number of hydrogen-bond donors (Lipinski definition) is 4. The molecule has 10 heteroatoms. The number of β-amino-alcohol motifs (C(OH)–C–C–N with tert-alkyl or cyclic N) is 1. The van der Waals surface area contributed by atoms with Gasteiger partial charge in [0.15, 0.2) is 0 Å². The van der Waals surface area contributed by atoms with Crippen molar-refractivity contribution in [3.63, 3.8) is 0 Å². The topological polar surface area (TPSA) is 129 Å². The Hall–Kier alpha value is -3.47. The normalized spacial score (nSPS) is 34.2. The van der Waals surface area contributed by atoms with Crippen LogP contribution in [-0.4, -0.2) is 90.4 Å². The highest BCUT2D eigenvalue weighted by atomic mass is 16.5. The largest absolute Gasteiger partial charge is 0.497 e. The number of amides is 3. The van der Waals surface area contributed by atoms with E-state index in [4.69, 9.17) is 9.47 Å². The summed E-state index contributed by atoms with van der Waals surface area (Å²) in [5, 5.41) is 21.3. The van der Waals surface area contributed by atoms with Crippen LogP contribution in [0.15, 0.2) is 66.5 Å². The number of nitrogens with one attached hydrogen (secondary N) is 3. The molecular weight excluding hydrogens is 584 g/mol. The van der Waals surface area contributed by atoms with E-state index in [9.17, 15) is 19.5 Å².